The normalized spacial score (nSPS) is 13.4. The Kier molecular flexibility index (Phi) is 3.09. The number of hydroxylamine groups is 2. The molecule has 66 valence electrons. The maximum Gasteiger partial charge on any atom is 0.0568 e. The first-order chi connectivity index (χ1) is 5.61. The summed E-state index contributed by atoms with van der Waals surface area (Å²) in [6, 6.07) is 7.44. The van der Waals surface area contributed by atoms with Crippen molar-refractivity contribution >= 4 is 11.6 Å². The Morgan fingerprint density at radius 1 is 1.33 bits per heavy atom. The molecule has 0 aromatic heterocycles. The van der Waals surface area contributed by atoms with Crippen LogP contribution in [0.15, 0.2) is 24.3 Å². The molecule has 0 saturated carbocycles. The topological polar surface area (TPSA) is 23.5 Å². The highest BCUT2D eigenvalue weighted by atomic mass is 35.5. The smallest absolute Gasteiger partial charge is 0.0568 e. The molecule has 0 heterocycles. The minimum atomic E-state index is 0.00210. The van der Waals surface area contributed by atoms with E-state index in [9.17, 15) is 0 Å². The maximum absolute atomic E-state index is 9.14. The molecule has 1 N–H and O–H groups in total. The van der Waals surface area contributed by atoms with Crippen LogP contribution >= 0.6 is 11.6 Å². The Hall–Kier alpha value is -0.570. The minimum absolute atomic E-state index is 0.00210. The summed E-state index contributed by atoms with van der Waals surface area (Å²) in [6.45, 7) is 1.92. The Labute approximate surface area is 77.3 Å². The van der Waals surface area contributed by atoms with E-state index in [1.54, 1.807) is 7.05 Å². The van der Waals surface area contributed by atoms with Gasteiger partial charge < -0.3 is 5.21 Å². The SMILES string of the molecule is C[C@H](c1ccc(Cl)cc1)N(C)O. The number of rotatable bonds is 2. The molecular weight excluding hydrogens is 174 g/mol. The molecule has 0 unspecified atom stereocenters. The van der Waals surface area contributed by atoms with Crippen molar-refractivity contribution in [2.24, 2.45) is 0 Å². The van der Waals surface area contributed by atoms with Crippen molar-refractivity contribution in [2.75, 3.05) is 7.05 Å². The molecule has 1 rings (SSSR count). The van der Waals surface area contributed by atoms with Gasteiger partial charge in [-0.15, -0.1) is 0 Å². The highest BCUT2D eigenvalue weighted by molar-refractivity contribution is 6.30. The van der Waals surface area contributed by atoms with Gasteiger partial charge in [0.05, 0.1) is 6.04 Å². The van der Waals surface area contributed by atoms with Gasteiger partial charge in [0, 0.05) is 12.1 Å². The van der Waals surface area contributed by atoms with Crippen LogP contribution in [0.2, 0.25) is 5.02 Å². The molecule has 0 bridgehead atoms. The van der Waals surface area contributed by atoms with Crippen LogP contribution in [0.25, 0.3) is 0 Å². The predicted molar refractivity (Wildman–Crippen MR) is 49.4 cm³/mol. The van der Waals surface area contributed by atoms with Gasteiger partial charge in [0.1, 0.15) is 0 Å². The lowest BCUT2D eigenvalue weighted by molar-refractivity contribution is -0.0984. The van der Waals surface area contributed by atoms with Gasteiger partial charge in [0.15, 0.2) is 0 Å². The molecule has 0 aliphatic heterocycles. The van der Waals surface area contributed by atoms with E-state index < -0.39 is 0 Å². The fourth-order valence-corrected chi connectivity index (χ4v) is 1.08. The summed E-state index contributed by atoms with van der Waals surface area (Å²) in [4.78, 5) is 0. The molecule has 0 radical (unpaired) electrons. The summed E-state index contributed by atoms with van der Waals surface area (Å²) in [5.74, 6) is 0. The third kappa shape index (κ3) is 2.21. The Morgan fingerprint density at radius 2 is 1.83 bits per heavy atom. The van der Waals surface area contributed by atoms with Crippen molar-refractivity contribution in [1.82, 2.24) is 5.06 Å². The van der Waals surface area contributed by atoms with E-state index in [1.165, 1.54) is 5.06 Å². The molecule has 3 heteroatoms. The summed E-state index contributed by atoms with van der Waals surface area (Å²) < 4.78 is 0. The lowest BCUT2D eigenvalue weighted by atomic mass is 10.1. The number of benzene rings is 1. The Balaban J connectivity index is 2.82. The maximum atomic E-state index is 9.14. The molecule has 0 aliphatic carbocycles. The number of hydrogen-bond donors (Lipinski definition) is 1. The van der Waals surface area contributed by atoms with Gasteiger partial charge >= 0.3 is 0 Å². The molecule has 0 aliphatic rings. The highest BCUT2D eigenvalue weighted by Crippen LogP contribution is 2.18. The van der Waals surface area contributed by atoms with Gasteiger partial charge in [-0.05, 0) is 24.6 Å². The average molecular weight is 186 g/mol. The van der Waals surface area contributed by atoms with Gasteiger partial charge in [0.25, 0.3) is 0 Å². The van der Waals surface area contributed by atoms with Crippen molar-refractivity contribution < 1.29 is 5.21 Å². The van der Waals surface area contributed by atoms with E-state index in [0.29, 0.717) is 5.02 Å². The van der Waals surface area contributed by atoms with Crippen LogP contribution in [0.5, 0.6) is 0 Å². The van der Waals surface area contributed by atoms with Crippen molar-refractivity contribution in [3.05, 3.63) is 34.9 Å². The molecule has 2 nitrogen and oxygen atoms in total. The largest absolute Gasteiger partial charge is 0.314 e. The number of nitrogens with zero attached hydrogens (tertiary/aromatic N) is 1. The van der Waals surface area contributed by atoms with E-state index in [0.717, 1.165) is 5.56 Å². The van der Waals surface area contributed by atoms with Crippen molar-refractivity contribution in [3.8, 4) is 0 Å². The standard InChI is InChI=1S/C9H12ClNO/c1-7(11(2)12)8-3-5-9(10)6-4-8/h3-7,12H,1-2H3/t7-/m1/s1. The highest BCUT2D eigenvalue weighted by Gasteiger charge is 2.07. The monoisotopic (exact) mass is 185 g/mol. The summed E-state index contributed by atoms with van der Waals surface area (Å²) in [6.07, 6.45) is 0. The Bertz CT molecular complexity index is 245. The third-order valence-electron chi connectivity index (χ3n) is 1.91. The first-order valence-electron chi connectivity index (χ1n) is 3.78. The summed E-state index contributed by atoms with van der Waals surface area (Å²) in [5.41, 5.74) is 1.05. The van der Waals surface area contributed by atoms with Crippen LogP contribution in [0, 0.1) is 0 Å². The first kappa shape index (κ1) is 9.52. The molecule has 0 amide bonds. The zero-order valence-electron chi connectivity index (χ0n) is 7.16. The zero-order valence-corrected chi connectivity index (χ0v) is 7.92. The fraction of sp³-hybridized carbons (Fsp3) is 0.333. The van der Waals surface area contributed by atoms with Gasteiger partial charge in [-0.3, -0.25) is 0 Å². The van der Waals surface area contributed by atoms with Crippen LogP contribution in [0.4, 0.5) is 0 Å². The number of halogens is 1. The summed E-state index contributed by atoms with van der Waals surface area (Å²) >= 11 is 5.72. The van der Waals surface area contributed by atoms with Crippen LogP contribution in [0.1, 0.15) is 18.5 Å². The van der Waals surface area contributed by atoms with Gasteiger partial charge in [-0.2, -0.15) is 5.06 Å². The summed E-state index contributed by atoms with van der Waals surface area (Å²) in [5, 5.41) is 11.0. The molecule has 1 aromatic carbocycles. The third-order valence-corrected chi connectivity index (χ3v) is 2.16. The molecule has 0 saturated heterocycles. The van der Waals surface area contributed by atoms with Crippen molar-refractivity contribution in [2.45, 2.75) is 13.0 Å². The van der Waals surface area contributed by atoms with Gasteiger partial charge in [-0.25, -0.2) is 0 Å². The van der Waals surface area contributed by atoms with E-state index in [4.69, 9.17) is 16.8 Å². The second kappa shape index (κ2) is 3.90. The predicted octanol–water partition coefficient (Wildman–Crippen LogP) is 2.72. The second-order valence-corrected chi connectivity index (χ2v) is 3.24. The molecule has 0 spiro atoms. The molecule has 1 atom stereocenters. The fourth-order valence-electron chi connectivity index (χ4n) is 0.957. The van der Waals surface area contributed by atoms with E-state index in [1.807, 2.05) is 31.2 Å². The molecule has 1 aromatic rings. The minimum Gasteiger partial charge on any atom is -0.314 e. The van der Waals surface area contributed by atoms with Crippen LogP contribution in [0.3, 0.4) is 0 Å². The van der Waals surface area contributed by atoms with Crippen LogP contribution < -0.4 is 0 Å². The van der Waals surface area contributed by atoms with Gasteiger partial charge in [-0.1, -0.05) is 23.7 Å². The van der Waals surface area contributed by atoms with Crippen LogP contribution in [-0.2, 0) is 0 Å². The zero-order chi connectivity index (χ0) is 9.14. The first-order valence-corrected chi connectivity index (χ1v) is 4.16. The molecule has 0 fully saturated rings. The van der Waals surface area contributed by atoms with Crippen molar-refractivity contribution in [1.29, 1.82) is 0 Å². The number of hydrogen-bond acceptors (Lipinski definition) is 2. The van der Waals surface area contributed by atoms with Gasteiger partial charge in [0.2, 0.25) is 0 Å². The average Bonchev–Trinajstić information content (AvgIpc) is 2.04. The van der Waals surface area contributed by atoms with E-state index in [2.05, 4.69) is 0 Å². The Morgan fingerprint density at radius 3 is 2.25 bits per heavy atom. The lowest BCUT2D eigenvalue weighted by Crippen LogP contribution is -2.17. The molecular formula is C9H12ClNO. The van der Waals surface area contributed by atoms with E-state index in [-0.39, 0.29) is 6.04 Å². The second-order valence-electron chi connectivity index (χ2n) is 2.80. The van der Waals surface area contributed by atoms with E-state index >= 15 is 0 Å². The summed E-state index contributed by atoms with van der Waals surface area (Å²) in [7, 11) is 1.62. The quantitative estimate of drug-likeness (QED) is 0.717. The van der Waals surface area contributed by atoms with Crippen molar-refractivity contribution in [3.63, 3.8) is 0 Å². The van der Waals surface area contributed by atoms with Crippen LogP contribution in [-0.4, -0.2) is 17.3 Å². The molecule has 12 heavy (non-hydrogen) atoms. The lowest BCUT2D eigenvalue weighted by Gasteiger charge is -2.17.